The van der Waals surface area contributed by atoms with Gasteiger partial charge in [-0.25, -0.2) is 0 Å². The van der Waals surface area contributed by atoms with Gasteiger partial charge in [-0.1, -0.05) is 38.9 Å². The van der Waals surface area contributed by atoms with Crippen LogP contribution in [0.25, 0.3) is 0 Å². The first-order valence-electron chi connectivity index (χ1n) is 10.1. The van der Waals surface area contributed by atoms with E-state index in [0.717, 1.165) is 19.3 Å². The zero-order chi connectivity index (χ0) is 20.4. The van der Waals surface area contributed by atoms with Crippen LogP contribution >= 0.6 is 12.2 Å². The van der Waals surface area contributed by atoms with Gasteiger partial charge >= 0.3 is 0 Å². The molecule has 8 heteroatoms. The van der Waals surface area contributed by atoms with Crippen molar-refractivity contribution in [1.82, 2.24) is 5.32 Å². The van der Waals surface area contributed by atoms with Crippen molar-refractivity contribution in [3.8, 4) is 0 Å². The minimum atomic E-state index is -1.25. The number of thiocarbonyl (C=S) groups is 1. The van der Waals surface area contributed by atoms with Crippen molar-refractivity contribution in [3.05, 3.63) is 0 Å². The van der Waals surface area contributed by atoms with E-state index in [1.54, 1.807) is 0 Å². The van der Waals surface area contributed by atoms with Gasteiger partial charge in [-0.05, 0) is 32.1 Å². The van der Waals surface area contributed by atoms with Crippen LogP contribution in [0.4, 0.5) is 0 Å². The second kappa shape index (κ2) is 13.0. The van der Waals surface area contributed by atoms with E-state index >= 15 is 0 Å². The van der Waals surface area contributed by atoms with Gasteiger partial charge in [-0.15, -0.1) is 0 Å². The lowest BCUT2D eigenvalue weighted by molar-refractivity contribution is -0.137. The molecule has 27 heavy (non-hydrogen) atoms. The summed E-state index contributed by atoms with van der Waals surface area (Å²) in [5.74, 6) is 0. The Morgan fingerprint density at radius 2 is 1.78 bits per heavy atom. The fourth-order valence-corrected chi connectivity index (χ4v) is 3.62. The molecule has 7 unspecified atom stereocenters. The first kappa shape index (κ1) is 24.7. The molecule has 0 saturated heterocycles. The quantitative estimate of drug-likeness (QED) is 0.292. The molecule has 0 amide bonds. The van der Waals surface area contributed by atoms with E-state index in [9.17, 15) is 25.5 Å². The Labute approximate surface area is 167 Å². The van der Waals surface area contributed by atoms with Crippen LogP contribution in [0.5, 0.6) is 0 Å². The second-order valence-corrected chi connectivity index (χ2v) is 7.99. The van der Waals surface area contributed by atoms with E-state index in [4.69, 9.17) is 17.0 Å². The lowest BCUT2D eigenvalue weighted by Crippen LogP contribution is -2.51. The molecule has 6 N–H and O–H groups in total. The first-order chi connectivity index (χ1) is 12.8. The first-order valence-corrected chi connectivity index (χ1v) is 10.5. The summed E-state index contributed by atoms with van der Waals surface area (Å²) >= 11 is 5.30. The molecule has 0 heterocycles. The second-order valence-electron chi connectivity index (χ2n) is 7.49. The third-order valence-electron chi connectivity index (χ3n) is 5.13. The van der Waals surface area contributed by atoms with Crippen molar-refractivity contribution in [1.29, 1.82) is 0 Å². The van der Waals surface area contributed by atoms with Gasteiger partial charge in [0.25, 0.3) is 0 Å². The number of nitrogens with one attached hydrogen (secondary N) is 1. The van der Waals surface area contributed by atoms with E-state index in [1.807, 2.05) is 13.8 Å². The van der Waals surface area contributed by atoms with Gasteiger partial charge in [-0.3, -0.25) is 0 Å². The molecular weight excluding hydrogens is 370 g/mol. The molecule has 0 aromatic rings. The molecule has 0 spiro atoms. The molecule has 7 nitrogen and oxygen atoms in total. The van der Waals surface area contributed by atoms with Crippen molar-refractivity contribution in [2.24, 2.45) is 0 Å². The lowest BCUT2D eigenvalue weighted by Gasteiger charge is -2.34. The minimum Gasteiger partial charge on any atom is -0.393 e. The van der Waals surface area contributed by atoms with Crippen LogP contribution in [0.3, 0.4) is 0 Å². The van der Waals surface area contributed by atoms with Gasteiger partial charge in [0, 0.05) is 6.42 Å². The number of hydrogen-bond acceptors (Lipinski definition) is 7. The largest absolute Gasteiger partial charge is 0.393 e. The fourth-order valence-electron chi connectivity index (χ4n) is 3.26. The van der Waals surface area contributed by atoms with Crippen LogP contribution in [0.2, 0.25) is 0 Å². The van der Waals surface area contributed by atoms with Gasteiger partial charge in [0.15, 0.2) is 0 Å². The van der Waals surface area contributed by atoms with Gasteiger partial charge in [0.05, 0.1) is 42.1 Å². The van der Waals surface area contributed by atoms with E-state index in [-0.39, 0.29) is 13.0 Å². The fraction of sp³-hybridized carbons (Fsp3) is 0.947. The summed E-state index contributed by atoms with van der Waals surface area (Å²) in [5.41, 5.74) is 0. The maximum absolute atomic E-state index is 10.5. The molecule has 1 fully saturated rings. The predicted octanol–water partition coefficient (Wildman–Crippen LogP) is 0.636. The molecule has 7 atom stereocenters. The number of aliphatic hydroxyl groups excluding tert-OH is 5. The van der Waals surface area contributed by atoms with E-state index in [1.165, 1.54) is 0 Å². The summed E-state index contributed by atoms with van der Waals surface area (Å²) < 4.78 is 5.84. The molecule has 1 rings (SSSR count). The number of aliphatic hydroxyl groups is 5. The third kappa shape index (κ3) is 8.68. The monoisotopic (exact) mass is 407 g/mol. The molecule has 0 aromatic carbocycles. The number of ether oxygens (including phenoxy) is 1. The molecule has 0 aromatic heterocycles. The topological polar surface area (TPSA) is 122 Å². The molecule has 1 aliphatic rings. The van der Waals surface area contributed by atoms with Crippen LogP contribution in [0.1, 0.15) is 65.2 Å². The summed E-state index contributed by atoms with van der Waals surface area (Å²) in [6.07, 6.45) is -0.710. The molecule has 160 valence electrons. The van der Waals surface area contributed by atoms with Gasteiger partial charge < -0.3 is 35.6 Å². The molecular formula is C19H37NO6S. The Balaban J connectivity index is 2.72. The van der Waals surface area contributed by atoms with Gasteiger partial charge in [-0.2, -0.15) is 0 Å². The molecule has 0 radical (unpaired) electrons. The SMILES string of the molecule is CCCC(=S)NC(COC1CCCCC(O)C(O)C1O)C(O)CC(O)CC. The van der Waals surface area contributed by atoms with E-state index in [2.05, 4.69) is 5.32 Å². The van der Waals surface area contributed by atoms with Crippen molar-refractivity contribution in [3.63, 3.8) is 0 Å². The predicted molar refractivity (Wildman–Crippen MR) is 108 cm³/mol. The smallest absolute Gasteiger partial charge is 0.108 e. The van der Waals surface area contributed by atoms with E-state index < -0.39 is 42.7 Å². The van der Waals surface area contributed by atoms with E-state index in [0.29, 0.717) is 30.7 Å². The van der Waals surface area contributed by atoms with Crippen LogP contribution in [0.15, 0.2) is 0 Å². The summed E-state index contributed by atoms with van der Waals surface area (Å²) in [4.78, 5) is 0.616. The number of hydrogen-bond donors (Lipinski definition) is 6. The Hall–Kier alpha value is -0.350. The highest BCUT2D eigenvalue weighted by Crippen LogP contribution is 2.22. The Bertz CT molecular complexity index is 427. The van der Waals surface area contributed by atoms with Crippen LogP contribution in [-0.2, 0) is 4.74 Å². The Morgan fingerprint density at radius 1 is 1.11 bits per heavy atom. The summed E-state index contributed by atoms with van der Waals surface area (Å²) in [6, 6.07) is -0.523. The standard InChI is InChI=1S/C19H37NO6S/c1-3-7-17(27)20-13(15(23)10-12(21)4-2)11-26-16-9-6-5-8-14(22)18(24)19(16)25/h12-16,18-19,21-25H,3-11H2,1-2H3,(H,20,27). The highest BCUT2D eigenvalue weighted by molar-refractivity contribution is 7.80. The average molecular weight is 408 g/mol. The third-order valence-corrected chi connectivity index (χ3v) is 5.45. The minimum absolute atomic E-state index is 0.0754. The highest BCUT2D eigenvalue weighted by Gasteiger charge is 2.34. The Kier molecular flexibility index (Phi) is 11.9. The maximum atomic E-state index is 10.5. The molecule has 0 aliphatic heterocycles. The highest BCUT2D eigenvalue weighted by atomic mass is 32.1. The molecule has 1 aliphatic carbocycles. The van der Waals surface area contributed by atoms with Gasteiger partial charge in [0.1, 0.15) is 12.2 Å². The van der Waals surface area contributed by atoms with Gasteiger partial charge in [0.2, 0.25) is 0 Å². The maximum Gasteiger partial charge on any atom is 0.108 e. The lowest BCUT2D eigenvalue weighted by atomic mass is 9.92. The van der Waals surface area contributed by atoms with Crippen molar-refractivity contribution in [2.75, 3.05) is 6.61 Å². The average Bonchev–Trinajstić information content (AvgIpc) is 2.64. The summed E-state index contributed by atoms with van der Waals surface area (Å²) in [5, 5.41) is 53.7. The molecule has 0 bridgehead atoms. The number of rotatable bonds is 10. The summed E-state index contributed by atoms with van der Waals surface area (Å²) in [6.45, 7) is 3.93. The normalized spacial score (nSPS) is 30.0. The zero-order valence-electron chi connectivity index (χ0n) is 16.5. The van der Waals surface area contributed by atoms with Crippen LogP contribution in [-0.4, -0.2) is 79.8 Å². The van der Waals surface area contributed by atoms with Crippen molar-refractivity contribution in [2.45, 2.75) is 108 Å². The van der Waals surface area contributed by atoms with Crippen LogP contribution < -0.4 is 5.32 Å². The summed E-state index contributed by atoms with van der Waals surface area (Å²) in [7, 11) is 0. The van der Waals surface area contributed by atoms with Crippen molar-refractivity contribution < 1.29 is 30.3 Å². The Morgan fingerprint density at radius 3 is 2.41 bits per heavy atom. The van der Waals surface area contributed by atoms with Crippen molar-refractivity contribution >= 4 is 17.2 Å². The van der Waals surface area contributed by atoms with Crippen LogP contribution in [0, 0.1) is 0 Å². The zero-order valence-corrected chi connectivity index (χ0v) is 17.3. The molecule has 1 saturated carbocycles.